The van der Waals surface area contributed by atoms with Crippen molar-refractivity contribution in [3.8, 4) is 0 Å². The van der Waals surface area contributed by atoms with Crippen LogP contribution in [0.1, 0.15) is 21.5 Å². The van der Waals surface area contributed by atoms with Crippen LogP contribution < -0.4 is 5.32 Å². The van der Waals surface area contributed by atoms with Crippen LogP contribution in [0.3, 0.4) is 0 Å². The van der Waals surface area contributed by atoms with Crippen LogP contribution in [-0.2, 0) is 0 Å². The lowest BCUT2D eigenvalue weighted by Crippen LogP contribution is -2.11. The highest BCUT2D eigenvalue weighted by atomic mass is 79.9. The lowest BCUT2D eigenvalue weighted by molar-refractivity contribution is 0.102. The second-order valence-corrected chi connectivity index (χ2v) is 5.82. The minimum Gasteiger partial charge on any atom is -0.463 e. The maximum Gasteiger partial charge on any atom is 0.259 e. The molecule has 3 aromatic rings. The maximum atomic E-state index is 12.4. The van der Waals surface area contributed by atoms with E-state index in [2.05, 4.69) is 21.2 Å². The van der Waals surface area contributed by atoms with Crippen molar-refractivity contribution in [2.45, 2.75) is 13.8 Å². The van der Waals surface area contributed by atoms with Crippen molar-refractivity contribution < 1.29 is 9.21 Å². The van der Waals surface area contributed by atoms with Crippen LogP contribution in [0, 0.1) is 13.8 Å². The Hall–Kier alpha value is -2.07. The summed E-state index contributed by atoms with van der Waals surface area (Å²) >= 11 is 3.52. The normalized spacial score (nSPS) is 10.8. The molecule has 0 aliphatic heterocycles. The van der Waals surface area contributed by atoms with E-state index in [0.29, 0.717) is 11.1 Å². The number of rotatable bonds is 2. The van der Waals surface area contributed by atoms with Gasteiger partial charge < -0.3 is 9.73 Å². The van der Waals surface area contributed by atoms with Gasteiger partial charge in [-0.2, -0.15) is 0 Å². The molecule has 0 spiro atoms. The van der Waals surface area contributed by atoms with Gasteiger partial charge in [-0.15, -0.1) is 0 Å². The van der Waals surface area contributed by atoms with E-state index in [0.717, 1.165) is 26.7 Å². The van der Waals surface area contributed by atoms with Crippen LogP contribution >= 0.6 is 15.9 Å². The summed E-state index contributed by atoms with van der Waals surface area (Å²) in [4.78, 5) is 12.4. The zero-order valence-electron chi connectivity index (χ0n) is 11.7. The number of furan rings is 1. The number of amides is 1. The Labute approximate surface area is 131 Å². The van der Waals surface area contributed by atoms with Gasteiger partial charge >= 0.3 is 0 Å². The molecule has 3 nitrogen and oxygen atoms in total. The van der Waals surface area contributed by atoms with Crippen LogP contribution in [0.2, 0.25) is 0 Å². The number of para-hydroxylation sites is 1. The van der Waals surface area contributed by atoms with Gasteiger partial charge in [-0.25, -0.2) is 0 Å². The third kappa shape index (κ3) is 2.59. The van der Waals surface area contributed by atoms with Crippen molar-refractivity contribution in [3.05, 3.63) is 63.8 Å². The van der Waals surface area contributed by atoms with Crippen molar-refractivity contribution in [2.75, 3.05) is 5.32 Å². The largest absolute Gasteiger partial charge is 0.463 e. The topological polar surface area (TPSA) is 42.2 Å². The molecular formula is C17H14BrNO2. The fraction of sp³-hybridized carbons (Fsp3) is 0.118. The number of nitrogens with one attached hydrogen (secondary N) is 1. The molecule has 2 aromatic carbocycles. The lowest BCUT2D eigenvalue weighted by Gasteiger charge is -2.09. The minimum atomic E-state index is -0.166. The molecule has 0 aliphatic rings. The summed E-state index contributed by atoms with van der Waals surface area (Å²) in [6, 6.07) is 11.4. The molecule has 0 fully saturated rings. The van der Waals surface area contributed by atoms with Crippen LogP contribution in [0.25, 0.3) is 11.0 Å². The number of anilines is 1. The van der Waals surface area contributed by atoms with E-state index in [1.54, 1.807) is 0 Å². The molecule has 1 N–H and O–H groups in total. The highest BCUT2D eigenvalue weighted by molar-refractivity contribution is 9.10. The maximum absolute atomic E-state index is 12.4. The third-order valence-electron chi connectivity index (χ3n) is 3.42. The Morgan fingerprint density at radius 3 is 2.52 bits per heavy atom. The van der Waals surface area contributed by atoms with Gasteiger partial charge in [0.05, 0.1) is 5.56 Å². The number of hydrogen-bond donors (Lipinski definition) is 1. The number of hydrogen-bond acceptors (Lipinski definition) is 2. The summed E-state index contributed by atoms with van der Waals surface area (Å²) in [5.41, 5.74) is 4.21. The zero-order chi connectivity index (χ0) is 15.0. The molecule has 1 amide bonds. The summed E-state index contributed by atoms with van der Waals surface area (Å²) in [5, 5.41) is 3.75. The molecule has 0 saturated heterocycles. The molecule has 1 aromatic heterocycles. The van der Waals surface area contributed by atoms with Gasteiger partial charge in [-0.1, -0.05) is 34.1 Å². The van der Waals surface area contributed by atoms with E-state index in [-0.39, 0.29) is 5.91 Å². The summed E-state index contributed by atoms with van der Waals surface area (Å²) in [6.07, 6.45) is 1.50. The van der Waals surface area contributed by atoms with Crippen LogP contribution in [-0.4, -0.2) is 5.91 Å². The van der Waals surface area contributed by atoms with Gasteiger partial charge in [0.25, 0.3) is 5.91 Å². The van der Waals surface area contributed by atoms with Crippen molar-refractivity contribution in [1.82, 2.24) is 0 Å². The number of carbonyl (C=O) groups excluding carboxylic acids is 1. The molecule has 106 valence electrons. The lowest BCUT2D eigenvalue weighted by atomic mass is 10.1. The van der Waals surface area contributed by atoms with Gasteiger partial charge in [0.2, 0.25) is 0 Å². The van der Waals surface area contributed by atoms with Gasteiger partial charge in [-0.05, 0) is 43.2 Å². The molecule has 0 radical (unpaired) electrons. The fourth-order valence-corrected chi connectivity index (χ4v) is 2.60. The minimum absolute atomic E-state index is 0.166. The first-order valence-corrected chi connectivity index (χ1v) is 7.40. The monoisotopic (exact) mass is 343 g/mol. The van der Waals surface area contributed by atoms with E-state index in [9.17, 15) is 4.79 Å². The highest BCUT2D eigenvalue weighted by Gasteiger charge is 2.14. The standard InChI is InChI=1S/C17H14BrNO2/c1-10-7-12(8-11(2)16(10)18)19-17(20)14-9-21-15-6-4-3-5-13(14)15/h3-9H,1-2H3,(H,19,20). The van der Waals surface area contributed by atoms with Crippen LogP contribution in [0.4, 0.5) is 5.69 Å². The van der Waals surface area contributed by atoms with Gasteiger partial charge in [0, 0.05) is 15.5 Å². The molecule has 0 atom stereocenters. The predicted molar refractivity (Wildman–Crippen MR) is 87.8 cm³/mol. The van der Waals surface area contributed by atoms with E-state index in [4.69, 9.17) is 4.42 Å². The summed E-state index contributed by atoms with van der Waals surface area (Å²) in [5.74, 6) is -0.166. The molecule has 0 bridgehead atoms. The van der Waals surface area contributed by atoms with Crippen LogP contribution in [0.15, 0.2) is 51.6 Å². The molecule has 1 heterocycles. The van der Waals surface area contributed by atoms with E-state index < -0.39 is 0 Å². The summed E-state index contributed by atoms with van der Waals surface area (Å²) in [6.45, 7) is 4.00. The first-order valence-electron chi connectivity index (χ1n) is 6.60. The first-order chi connectivity index (χ1) is 10.1. The fourth-order valence-electron chi connectivity index (χ4n) is 2.37. The van der Waals surface area contributed by atoms with Gasteiger partial charge in [-0.3, -0.25) is 4.79 Å². The molecule has 0 unspecified atom stereocenters. The number of halogens is 1. The number of carbonyl (C=O) groups is 1. The first kappa shape index (κ1) is 13.9. The highest BCUT2D eigenvalue weighted by Crippen LogP contribution is 2.26. The Morgan fingerprint density at radius 1 is 1.14 bits per heavy atom. The predicted octanol–water partition coefficient (Wildman–Crippen LogP) is 5.06. The third-order valence-corrected chi connectivity index (χ3v) is 4.67. The average Bonchev–Trinajstić information content (AvgIpc) is 2.88. The zero-order valence-corrected chi connectivity index (χ0v) is 13.3. The molecular weight excluding hydrogens is 330 g/mol. The number of aryl methyl sites for hydroxylation is 2. The quantitative estimate of drug-likeness (QED) is 0.706. The average molecular weight is 344 g/mol. The molecule has 0 aliphatic carbocycles. The summed E-state index contributed by atoms with van der Waals surface area (Å²) < 4.78 is 6.47. The Bertz CT molecular complexity index is 813. The summed E-state index contributed by atoms with van der Waals surface area (Å²) in [7, 11) is 0. The molecule has 21 heavy (non-hydrogen) atoms. The number of fused-ring (bicyclic) bond motifs is 1. The second-order valence-electron chi connectivity index (χ2n) is 5.02. The van der Waals surface area contributed by atoms with Crippen molar-refractivity contribution in [2.24, 2.45) is 0 Å². The van der Waals surface area contributed by atoms with Gasteiger partial charge in [0.1, 0.15) is 11.8 Å². The van der Waals surface area contributed by atoms with Crippen molar-refractivity contribution >= 4 is 38.5 Å². The van der Waals surface area contributed by atoms with Crippen LogP contribution in [0.5, 0.6) is 0 Å². The number of benzene rings is 2. The van der Waals surface area contributed by atoms with Gasteiger partial charge in [0.15, 0.2) is 0 Å². The van der Waals surface area contributed by atoms with E-state index in [1.165, 1.54) is 6.26 Å². The van der Waals surface area contributed by atoms with E-state index >= 15 is 0 Å². The van der Waals surface area contributed by atoms with E-state index in [1.807, 2.05) is 50.2 Å². The Morgan fingerprint density at radius 2 is 1.81 bits per heavy atom. The second kappa shape index (κ2) is 5.37. The molecule has 3 rings (SSSR count). The molecule has 0 saturated carbocycles. The molecule has 4 heteroatoms. The Kier molecular flexibility index (Phi) is 3.55. The smallest absolute Gasteiger partial charge is 0.259 e. The Balaban J connectivity index is 1.93. The van der Waals surface area contributed by atoms with Crippen molar-refractivity contribution in [1.29, 1.82) is 0 Å². The SMILES string of the molecule is Cc1cc(NC(=O)c2coc3ccccc23)cc(C)c1Br. The van der Waals surface area contributed by atoms with Crippen molar-refractivity contribution in [3.63, 3.8) is 0 Å².